The highest BCUT2D eigenvalue weighted by atomic mass is 16.5. The van der Waals surface area contributed by atoms with Crippen molar-refractivity contribution in [3.05, 3.63) is 23.8 Å². The van der Waals surface area contributed by atoms with Crippen LogP contribution in [0.15, 0.2) is 18.2 Å². The molecule has 29 heavy (non-hydrogen) atoms. The van der Waals surface area contributed by atoms with Gasteiger partial charge in [0.2, 0.25) is 5.95 Å². The SMILES string of the molecule is COc1ccc(CC2(N)Nc3c(N)nc(N)nc3N2C2CCCCO2)c(OC)c1. The number of hydrogen-bond acceptors (Lipinski definition) is 10. The predicted octanol–water partition coefficient (Wildman–Crippen LogP) is 1.27. The van der Waals surface area contributed by atoms with Crippen molar-refractivity contribution in [2.24, 2.45) is 5.73 Å². The second-order valence-corrected chi connectivity index (χ2v) is 7.26. The summed E-state index contributed by atoms with van der Waals surface area (Å²) in [4.78, 5) is 10.4. The van der Waals surface area contributed by atoms with E-state index in [1.165, 1.54) is 0 Å². The summed E-state index contributed by atoms with van der Waals surface area (Å²) in [5.74, 6) is 1.22. The van der Waals surface area contributed by atoms with E-state index in [0.717, 1.165) is 24.8 Å². The lowest BCUT2D eigenvalue weighted by Crippen LogP contribution is -2.64. The van der Waals surface area contributed by atoms with Crippen LogP contribution in [-0.4, -0.2) is 42.8 Å². The van der Waals surface area contributed by atoms with Gasteiger partial charge in [-0.2, -0.15) is 9.97 Å². The standard InChI is InChI=1S/C19H27N7O3/c1-27-12-7-6-11(13(9-12)28-2)10-19(22)25-15-16(20)23-18(21)24-17(15)26(19)14-5-3-4-8-29-14/h6-7,9,14,25H,3-5,8,10,22H2,1-2H3,(H4,20,21,23,24). The molecule has 3 heterocycles. The first-order chi connectivity index (χ1) is 13.9. The van der Waals surface area contributed by atoms with Crippen LogP contribution in [0.4, 0.5) is 23.3 Å². The Kier molecular flexibility index (Phi) is 4.97. The molecule has 2 unspecified atom stereocenters. The van der Waals surface area contributed by atoms with Gasteiger partial charge in [0, 0.05) is 24.7 Å². The Bertz CT molecular complexity index is 904. The number of anilines is 4. The molecule has 0 saturated carbocycles. The summed E-state index contributed by atoms with van der Waals surface area (Å²) < 4.78 is 16.9. The molecule has 1 aromatic carbocycles. The highest BCUT2D eigenvalue weighted by molar-refractivity contribution is 5.84. The molecule has 0 amide bonds. The van der Waals surface area contributed by atoms with Crippen LogP contribution in [-0.2, 0) is 11.2 Å². The molecular formula is C19H27N7O3. The second-order valence-electron chi connectivity index (χ2n) is 7.26. The molecule has 0 bridgehead atoms. The molecule has 10 nitrogen and oxygen atoms in total. The highest BCUT2D eigenvalue weighted by Crippen LogP contribution is 2.44. The van der Waals surface area contributed by atoms with Crippen LogP contribution < -0.4 is 36.9 Å². The number of nitrogen functional groups attached to an aromatic ring is 2. The second kappa shape index (κ2) is 7.45. The van der Waals surface area contributed by atoms with Gasteiger partial charge in [0.05, 0.1) is 14.2 Å². The van der Waals surface area contributed by atoms with Gasteiger partial charge in [0.15, 0.2) is 17.4 Å². The van der Waals surface area contributed by atoms with Crippen LogP contribution in [0.1, 0.15) is 24.8 Å². The molecule has 1 aromatic heterocycles. The molecule has 2 aliphatic heterocycles. The van der Waals surface area contributed by atoms with E-state index in [0.29, 0.717) is 36.0 Å². The van der Waals surface area contributed by atoms with Crippen LogP contribution >= 0.6 is 0 Å². The average Bonchev–Trinajstić information content (AvgIpc) is 3.01. The number of ether oxygens (including phenoxy) is 3. The van der Waals surface area contributed by atoms with Gasteiger partial charge in [0.25, 0.3) is 0 Å². The van der Waals surface area contributed by atoms with Crippen molar-refractivity contribution in [1.29, 1.82) is 0 Å². The van der Waals surface area contributed by atoms with Gasteiger partial charge >= 0.3 is 0 Å². The third kappa shape index (κ3) is 3.45. The third-order valence-electron chi connectivity index (χ3n) is 5.33. The number of nitrogens with zero attached hydrogens (tertiary/aromatic N) is 3. The number of benzene rings is 1. The predicted molar refractivity (Wildman–Crippen MR) is 111 cm³/mol. The molecule has 0 spiro atoms. The van der Waals surface area contributed by atoms with Crippen LogP contribution in [0.2, 0.25) is 0 Å². The minimum Gasteiger partial charge on any atom is -0.497 e. The first-order valence-electron chi connectivity index (χ1n) is 9.57. The number of methoxy groups -OCH3 is 2. The molecule has 0 aliphatic carbocycles. The van der Waals surface area contributed by atoms with Crippen molar-refractivity contribution in [2.75, 3.05) is 42.5 Å². The van der Waals surface area contributed by atoms with Crippen molar-refractivity contribution in [3.63, 3.8) is 0 Å². The molecule has 2 atom stereocenters. The fourth-order valence-corrected chi connectivity index (χ4v) is 3.98. The lowest BCUT2D eigenvalue weighted by molar-refractivity contribution is 0.00367. The smallest absolute Gasteiger partial charge is 0.224 e. The van der Waals surface area contributed by atoms with E-state index in [2.05, 4.69) is 15.3 Å². The van der Waals surface area contributed by atoms with Gasteiger partial charge in [-0.3, -0.25) is 10.6 Å². The molecule has 2 aromatic rings. The zero-order chi connectivity index (χ0) is 20.6. The quantitative estimate of drug-likeness (QED) is 0.577. The normalized spacial score (nSPS) is 23.4. The fourth-order valence-electron chi connectivity index (χ4n) is 3.98. The first-order valence-corrected chi connectivity index (χ1v) is 9.57. The number of fused-ring (bicyclic) bond motifs is 1. The topological polar surface area (TPSA) is 147 Å². The number of hydrogen-bond donors (Lipinski definition) is 4. The minimum atomic E-state index is -1.05. The summed E-state index contributed by atoms with van der Waals surface area (Å²) in [5.41, 5.74) is 20.4. The van der Waals surface area contributed by atoms with Crippen molar-refractivity contribution in [3.8, 4) is 11.5 Å². The minimum absolute atomic E-state index is 0.0927. The largest absolute Gasteiger partial charge is 0.497 e. The average molecular weight is 401 g/mol. The maximum Gasteiger partial charge on any atom is 0.224 e. The van der Waals surface area contributed by atoms with Crippen LogP contribution in [0.25, 0.3) is 0 Å². The number of nitrogens with one attached hydrogen (secondary N) is 1. The van der Waals surface area contributed by atoms with E-state index in [4.69, 9.17) is 31.4 Å². The van der Waals surface area contributed by atoms with E-state index >= 15 is 0 Å². The van der Waals surface area contributed by atoms with Gasteiger partial charge in [-0.1, -0.05) is 6.07 Å². The molecule has 1 fully saturated rings. The Balaban J connectivity index is 1.75. The maximum absolute atomic E-state index is 6.91. The summed E-state index contributed by atoms with van der Waals surface area (Å²) in [5, 5.41) is 3.31. The number of nitrogens with two attached hydrogens (primary N) is 3. The molecule has 1 saturated heterocycles. The van der Waals surface area contributed by atoms with Gasteiger partial charge in [-0.15, -0.1) is 0 Å². The van der Waals surface area contributed by atoms with Gasteiger partial charge in [0.1, 0.15) is 23.4 Å². The molecule has 0 radical (unpaired) electrons. The summed E-state index contributed by atoms with van der Waals surface area (Å²) in [6.07, 6.45) is 3.02. The molecule has 156 valence electrons. The maximum atomic E-state index is 6.91. The van der Waals surface area contributed by atoms with E-state index in [1.54, 1.807) is 14.2 Å². The molecule has 10 heteroatoms. The van der Waals surface area contributed by atoms with Crippen LogP contribution in [0.3, 0.4) is 0 Å². The lowest BCUT2D eigenvalue weighted by Gasteiger charge is -2.42. The fraction of sp³-hybridized carbons (Fsp3) is 0.474. The number of rotatable bonds is 5. The van der Waals surface area contributed by atoms with Crippen molar-refractivity contribution < 1.29 is 14.2 Å². The van der Waals surface area contributed by atoms with Crippen LogP contribution in [0.5, 0.6) is 11.5 Å². The summed E-state index contributed by atoms with van der Waals surface area (Å²) in [7, 11) is 3.23. The number of aromatic nitrogens is 2. The Hall–Kier alpha value is -2.98. The Morgan fingerprint density at radius 1 is 1.24 bits per heavy atom. The Morgan fingerprint density at radius 3 is 2.76 bits per heavy atom. The van der Waals surface area contributed by atoms with Gasteiger partial charge < -0.3 is 31.0 Å². The first kappa shape index (κ1) is 19.3. The highest BCUT2D eigenvalue weighted by Gasteiger charge is 2.47. The zero-order valence-corrected chi connectivity index (χ0v) is 16.6. The van der Waals surface area contributed by atoms with Gasteiger partial charge in [-0.25, -0.2) is 0 Å². The monoisotopic (exact) mass is 401 g/mol. The summed E-state index contributed by atoms with van der Waals surface area (Å²) >= 11 is 0. The van der Waals surface area contributed by atoms with Crippen molar-refractivity contribution in [1.82, 2.24) is 9.97 Å². The lowest BCUT2D eigenvalue weighted by atomic mass is 10.0. The molecule has 4 rings (SSSR count). The van der Waals surface area contributed by atoms with Crippen molar-refractivity contribution in [2.45, 2.75) is 37.7 Å². The Labute approximate surface area is 169 Å². The van der Waals surface area contributed by atoms with E-state index in [1.807, 2.05) is 23.1 Å². The zero-order valence-electron chi connectivity index (χ0n) is 16.6. The van der Waals surface area contributed by atoms with E-state index < -0.39 is 5.79 Å². The molecular weight excluding hydrogens is 374 g/mol. The molecule has 7 N–H and O–H groups in total. The summed E-state index contributed by atoms with van der Waals surface area (Å²) in [6.45, 7) is 0.661. The third-order valence-corrected chi connectivity index (χ3v) is 5.33. The van der Waals surface area contributed by atoms with E-state index in [-0.39, 0.29) is 18.0 Å². The Morgan fingerprint density at radius 2 is 2.07 bits per heavy atom. The summed E-state index contributed by atoms with van der Waals surface area (Å²) in [6, 6.07) is 5.63. The van der Waals surface area contributed by atoms with Crippen molar-refractivity contribution >= 4 is 23.3 Å². The van der Waals surface area contributed by atoms with E-state index in [9.17, 15) is 0 Å². The van der Waals surface area contributed by atoms with Crippen LogP contribution in [0, 0.1) is 0 Å². The van der Waals surface area contributed by atoms with Gasteiger partial charge in [-0.05, 0) is 25.3 Å². The molecule has 2 aliphatic rings.